The molecule has 0 aromatic carbocycles. The topological polar surface area (TPSA) is 50.8 Å². The number of carbonyl (C=O) groups excluding carboxylic acids is 1. The van der Waals surface area contributed by atoms with Crippen LogP contribution in [0.15, 0.2) is 24.3 Å². The van der Waals surface area contributed by atoms with Crippen molar-refractivity contribution < 1.29 is 14.4 Å². The van der Waals surface area contributed by atoms with E-state index < -0.39 is 0 Å². The Morgan fingerprint density at radius 2 is 2.47 bits per heavy atom. The molecule has 1 heterocycles. The molecule has 0 spiro atoms. The van der Waals surface area contributed by atoms with Gasteiger partial charge >= 0.3 is 0 Å². The molecule has 96 valence electrons. The van der Waals surface area contributed by atoms with Crippen molar-refractivity contribution >= 4 is 6.41 Å². The summed E-state index contributed by atoms with van der Waals surface area (Å²) in [7, 11) is 1.65. The van der Waals surface area contributed by atoms with Crippen molar-refractivity contribution in [2.24, 2.45) is 0 Å². The van der Waals surface area contributed by atoms with Crippen LogP contribution in [0, 0.1) is 0 Å². The highest BCUT2D eigenvalue weighted by atomic mass is 16.7. The van der Waals surface area contributed by atoms with Crippen molar-refractivity contribution in [3.63, 3.8) is 0 Å². The van der Waals surface area contributed by atoms with E-state index in [1.54, 1.807) is 12.2 Å². The minimum atomic E-state index is -0.201. The molecule has 1 amide bonds. The Morgan fingerprint density at radius 1 is 1.71 bits per heavy atom. The van der Waals surface area contributed by atoms with Gasteiger partial charge in [-0.05, 0) is 12.5 Å². The maximum absolute atomic E-state index is 10.6. The molecule has 0 unspecified atom stereocenters. The summed E-state index contributed by atoms with van der Waals surface area (Å²) in [5.74, 6) is 0. The highest BCUT2D eigenvalue weighted by molar-refractivity contribution is 5.47. The van der Waals surface area contributed by atoms with Crippen molar-refractivity contribution in [2.45, 2.75) is 19.1 Å². The Bertz CT molecular complexity index is 291. The van der Waals surface area contributed by atoms with Crippen LogP contribution in [-0.4, -0.2) is 50.4 Å². The van der Waals surface area contributed by atoms with Crippen molar-refractivity contribution in [1.29, 1.82) is 0 Å². The zero-order chi connectivity index (χ0) is 12.7. The minimum Gasteiger partial charge on any atom is -0.383 e. The third-order valence-corrected chi connectivity index (χ3v) is 2.60. The maximum atomic E-state index is 10.6. The maximum Gasteiger partial charge on any atom is 0.207 e. The Hall–Kier alpha value is -1.17. The first kappa shape index (κ1) is 13.9. The molecule has 17 heavy (non-hydrogen) atoms. The van der Waals surface area contributed by atoms with Crippen molar-refractivity contribution in [3.05, 3.63) is 24.3 Å². The average Bonchev–Trinajstić information content (AvgIpc) is 2.70. The highest BCUT2D eigenvalue weighted by Gasteiger charge is 2.34. The molecular weight excluding hydrogens is 220 g/mol. The van der Waals surface area contributed by atoms with Gasteiger partial charge in [-0.2, -0.15) is 5.06 Å². The van der Waals surface area contributed by atoms with Crippen molar-refractivity contribution in [3.8, 4) is 0 Å². The summed E-state index contributed by atoms with van der Waals surface area (Å²) in [5.41, 5.74) is 0.853. The number of rotatable bonds is 7. The number of carbonyl (C=O) groups is 1. The number of nitrogens with one attached hydrogen (secondary N) is 1. The summed E-state index contributed by atoms with van der Waals surface area (Å²) < 4.78 is 4.99. The fourth-order valence-corrected chi connectivity index (χ4v) is 1.79. The number of hydrogen-bond acceptors (Lipinski definition) is 4. The Balaban J connectivity index is 2.59. The van der Waals surface area contributed by atoms with E-state index in [-0.39, 0.29) is 12.1 Å². The van der Waals surface area contributed by atoms with Gasteiger partial charge in [0.15, 0.2) is 0 Å². The lowest BCUT2D eigenvalue weighted by Gasteiger charge is -2.17. The van der Waals surface area contributed by atoms with Gasteiger partial charge in [0.25, 0.3) is 0 Å². The molecule has 1 rings (SSSR count). The van der Waals surface area contributed by atoms with Gasteiger partial charge in [0, 0.05) is 20.2 Å². The molecule has 1 aliphatic heterocycles. The van der Waals surface area contributed by atoms with Gasteiger partial charge in [-0.1, -0.05) is 18.7 Å². The first-order valence-corrected chi connectivity index (χ1v) is 5.64. The zero-order valence-electron chi connectivity index (χ0n) is 10.4. The van der Waals surface area contributed by atoms with Crippen LogP contribution in [0.3, 0.4) is 0 Å². The molecule has 1 N–H and O–H groups in total. The molecule has 1 saturated heterocycles. The second-order valence-corrected chi connectivity index (χ2v) is 3.87. The summed E-state index contributed by atoms with van der Waals surface area (Å²) >= 11 is 0. The van der Waals surface area contributed by atoms with Crippen molar-refractivity contribution in [1.82, 2.24) is 10.4 Å². The molecule has 5 nitrogen and oxygen atoms in total. The molecule has 2 atom stereocenters. The third kappa shape index (κ3) is 3.96. The molecular formula is C12H20N2O3. The van der Waals surface area contributed by atoms with Gasteiger partial charge in [0.2, 0.25) is 6.41 Å². The van der Waals surface area contributed by atoms with E-state index in [1.807, 2.05) is 19.1 Å². The van der Waals surface area contributed by atoms with Crippen LogP contribution in [0.2, 0.25) is 0 Å². The number of nitrogens with zero attached hydrogens (tertiary/aromatic N) is 1. The number of methoxy groups -OCH3 is 1. The van der Waals surface area contributed by atoms with Gasteiger partial charge in [0.1, 0.15) is 6.10 Å². The zero-order valence-corrected chi connectivity index (χ0v) is 10.4. The van der Waals surface area contributed by atoms with Crippen LogP contribution in [0.4, 0.5) is 0 Å². The van der Waals surface area contributed by atoms with Crippen LogP contribution in [0.5, 0.6) is 0 Å². The predicted molar refractivity (Wildman–Crippen MR) is 65.3 cm³/mol. The van der Waals surface area contributed by atoms with E-state index in [4.69, 9.17) is 9.57 Å². The lowest BCUT2D eigenvalue weighted by molar-refractivity contribution is -0.141. The second kappa shape index (κ2) is 7.21. The second-order valence-electron chi connectivity index (χ2n) is 3.87. The molecule has 1 fully saturated rings. The van der Waals surface area contributed by atoms with Crippen molar-refractivity contribution in [2.75, 3.05) is 26.8 Å². The minimum absolute atomic E-state index is 0.0620. The van der Waals surface area contributed by atoms with E-state index in [0.29, 0.717) is 26.1 Å². The van der Waals surface area contributed by atoms with Crippen LogP contribution in [0.25, 0.3) is 0 Å². The summed E-state index contributed by atoms with van der Waals surface area (Å²) in [4.78, 5) is 16.3. The largest absolute Gasteiger partial charge is 0.383 e. The summed E-state index contributed by atoms with van der Waals surface area (Å²) in [6, 6.07) is -0.0620. The lowest BCUT2D eigenvalue weighted by Crippen LogP contribution is -2.38. The fourth-order valence-electron chi connectivity index (χ4n) is 1.79. The first-order valence-electron chi connectivity index (χ1n) is 5.64. The van der Waals surface area contributed by atoms with E-state index in [9.17, 15) is 4.79 Å². The van der Waals surface area contributed by atoms with Crippen LogP contribution < -0.4 is 5.32 Å². The van der Waals surface area contributed by atoms with E-state index in [2.05, 4.69) is 11.9 Å². The number of hydroxylamine groups is 2. The molecule has 0 aromatic rings. The molecule has 0 radical (unpaired) electrons. The first-order chi connectivity index (χ1) is 8.22. The van der Waals surface area contributed by atoms with E-state index in [0.717, 1.165) is 5.57 Å². The van der Waals surface area contributed by atoms with Gasteiger partial charge in [-0.15, -0.1) is 0 Å². The standard InChI is InChI=1S/C12H20N2O3/c1-4-5-10(2)12-11(13-9-15)8-14(17-12)6-7-16-3/h4-5,9,11-12H,2,6-8H2,1,3H3,(H,13,15)/b5-4-/t11-,12+/m1/s1. The summed E-state index contributed by atoms with van der Waals surface area (Å²) in [6.07, 6.45) is 4.29. The highest BCUT2D eigenvalue weighted by Crippen LogP contribution is 2.20. The Kier molecular flexibility index (Phi) is 5.90. The van der Waals surface area contributed by atoms with E-state index >= 15 is 0 Å². The average molecular weight is 240 g/mol. The molecule has 0 saturated carbocycles. The number of ether oxygens (including phenoxy) is 1. The summed E-state index contributed by atoms with van der Waals surface area (Å²) in [5, 5.41) is 4.55. The molecule has 0 aromatic heterocycles. The van der Waals surface area contributed by atoms with Gasteiger partial charge in [-0.3, -0.25) is 9.63 Å². The van der Waals surface area contributed by atoms with Gasteiger partial charge in [0.05, 0.1) is 12.6 Å². The normalized spacial score (nSPS) is 25.3. The molecule has 5 heteroatoms. The SMILES string of the molecule is C=C(/C=C\C)[C@@H]1ON(CCOC)C[C@H]1NC=O. The quantitative estimate of drug-likeness (QED) is 0.520. The van der Waals surface area contributed by atoms with Crippen LogP contribution in [0.1, 0.15) is 6.92 Å². The number of allylic oxidation sites excluding steroid dienone is 1. The number of hydrogen-bond donors (Lipinski definition) is 1. The molecule has 0 aliphatic carbocycles. The van der Waals surface area contributed by atoms with Crippen LogP contribution in [-0.2, 0) is 14.4 Å². The van der Waals surface area contributed by atoms with E-state index in [1.165, 1.54) is 0 Å². The monoisotopic (exact) mass is 240 g/mol. The Morgan fingerprint density at radius 3 is 3.06 bits per heavy atom. The number of amides is 1. The molecule has 1 aliphatic rings. The third-order valence-electron chi connectivity index (χ3n) is 2.60. The predicted octanol–water partition coefficient (Wildman–Crippen LogP) is 0.496. The lowest BCUT2D eigenvalue weighted by atomic mass is 10.0. The Labute approximate surface area is 102 Å². The summed E-state index contributed by atoms with van der Waals surface area (Å²) in [6.45, 7) is 7.78. The fraction of sp³-hybridized carbons (Fsp3) is 0.583. The van der Waals surface area contributed by atoms with Gasteiger partial charge in [-0.25, -0.2) is 0 Å². The van der Waals surface area contributed by atoms with Gasteiger partial charge < -0.3 is 10.1 Å². The molecule has 0 bridgehead atoms. The van der Waals surface area contributed by atoms with Crippen LogP contribution >= 0.6 is 0 Å². The smallest absolute Gasteiger partial charge is 0.207 e.